The van der Waals surface area contributed by atoms with E-state index < -0.39 is 0 Å². The summed E-state index contributed by atoms with van der Waals surface area (Å²) < 4.78 is 5.56. The number of ether oxygens (including phenoxy) is 1. The van der Waals surface area contributed by atoms with Gasteiger partial charge in [-0.25, -0.2) is 0 Å². The SMILES string of the molecule is CC(C)Oc1ccc(C(=O)C2CCC(O)CC2)cc1. The first kappa shape index (κ1) is 14.1. The van der Waals surface area contributed by atoms with Crippen LogP contribution in [0.15, 0.2) is 24.3 Å². The fraction of sp³-hybridized carbons (Fsp3) is 0.562. The van der Waals surface area contributed by atoms with Crippen molar-refractivity contribution in [3.63, 3.8) is 0 Å². The number of aliphatic hydroxyl groups excluding tert-OH is 1. The Morgan fingerprint density at radius 1 is 1.16 bits per heavy atom. The topological polar surface area (TPSA) is 46.5 Å². The molecule has 0 amide bonds. The maximum atomic E-state index is 12.3. The van der Waals surface area contributed by atoms with Gasteiger partial charge in [-0.2, -0.15) is 0 Å². The van der Waals surface area contributed by atoms with E-state index in [1.165, 1.54) is 0 Å². The predicted molar refractivity (Wildman–Crippen MR) is 74.5 cm³/mol. The molecule has 1 saturated carbocycles. The lowest BCUT2D eigenvalue weighted by molar-refractivity contribution is 0.0764. The van der Waals surface area contributed by atoms with Gasteiger partial charge in [0, 0.05) is 11.5 Å². The van der Waals surface area contributed by atoms with E-state index in [1.54, 1.807) is 0 Å². The Balaban J connectivity index is 1.99. The van der Waals surface area contributed by atoms with Gasteiger partial charge in [0.15, 0.2) is 5.78 Å². The number of benzene rings is 1. The van der Waals surface area contributed by atoms with E-state index >= 15 is 0 Å². The van der Waals surface area contributed by atoms with Gasteiger partial charge in [0.2, 0.25) is 0 Å². The summed E-state index contributed by atoms with van der Waals surface area (Å²) in [7, 11) is 0. The highest BCUT2D eigenvalue weighted by Crippen LogP contribution is 2.27. The van der Waals surface area contributed by atoms with Crippen molar-refractivity contribution in [3.05, 3.63) is 29.8 Å². The standard InChI is InChI=1S/C16H22O3/c1-11(2)19-15-9-5-13(6-10-15)16(18)12-3-7-14(17)8-4-12/h5-6,9-12,14,17H,3-4,7-8H2,1-2H3. The Kier molecular flexibility index (Phi) is 4.59. The molecule has 0 spiro atoms. The summed E-state index contributed by atoms with van der Waals surface area (Å²) in [4.78, 5) is 12.3. The highest BCUT2D eigenvalue weighted by molar-refractivity contribution is 5.98. The second-order valence-electron chi connectivity index (χ2n) is 5.56. The molecule has 1 aliphatic carbocycles. The van der Waals surface area contributed by atoms with Crippen LogP contribution >= 0.6 is 0 Å². The van der Waals surface area contributed by atoms with Gasteiger partial charge in [-0.3, -0.25) is 4.79 Å². The fourth-order valence-corrected chi connectivity index (χ4v) is 2.54. The van der Waals surface area contributed by atoms with Crippen LogP contribution < -0.4 is 4.74 Å². The molecular weight excluding hydrogens is 240 g/mol. The third kappa shape index (κ3) is 3.80. The molecule has 0 bridgehead atoms. The van der Waals surface area contributed by atoms with Gasteiger partial charge in [0.1, 0.15) is 5.75 Å². The summed E-state index contributed by atoms with van der Waals surface area (Å²) in [6.07, 6.45) is 3.00. The molecule has 1 aliphatic rings. The van der Waals surface area contributed by atoms with E-state index in [0.717, 1.165) is 37.0 Å². The summed E-state index contributed by atoms with van der Waals surface area (Å²) >= 11 is 0. The first-order valence-corrected chi connectivity index (χ1v) is 7.05. The number of aliphatic hydroxyl groups is 1. The lowest BCUT2D eigenvalue weighted by Crippen LogP contribution is -2.24. The first-order valence-electron chi connectivity index (χ1n) is 7.05. The van der Waals surface area contributed by atoms with Crippen LogP contribution in [-0.2, 0) is 0 Å². The second-order valence-corrected chi connectivity index (χ2v) is 5.56. The number of ketones is 1. The third-order valence-corrected chi connectivity index (χ3v) is 3.58. The molecule has 1 N–H and O–H groups in total. The Labute approximate surface area is 114 Å². The van der Waals surface area contributed by atoms with Crippen molar-refractivity contribution in [2.75, 3.05) is 0 Å². The molecule has 1 fully saturated rings. The van der Waals surface area contributed by atoms with Gasteiger partial charge >= 0.3 is 0 Å². The van der Waals surface area contributed by atoms with Gasteiger partial charge in [-0.05, 0) is 63.8 Å². The fourth-order valence-electron chi connectivity index (χ4n) is 2.54. The Hall–Kier alpha value is -1.35. The summed E-state index contributed by atoms with van der Waals surface area (Å²) in [5, 5.41) is 9.47. The monoisotopic (exact) mass is 262 g/mol. The smallest absolute Gasteiger partial charge is 0.165 e. The highest BCUT2D eigenvalue weighted by Gasteiger charge is 2.25. The number of carbonyl (C=O) groups is 1. The maximum absolute atomic E-state index is 12.3. The summed E-state index contributed by atoms with van der Waals surface area (Å²) in [6, 6.07) is 7.38. The average molecular weight is 262 g/mol. The van der Waals surface area contributed by atoms with E-state index in [4.69, 9.17) is 4.74 Å². The van der Waals surface area contributed by atoms with Gasteiger partial charge in [-0.15, -0.1) is 0 Å². The van der Waals surface area contributed by atoms with Crippen LogP contribution in [0, 0.1) is 5.92 Å². The lowest BCUT2D eigenvalue weighted by Gasteiger charge is -2.24. The van der Waals surface area contributed by atoms with Crippen molar-refractivity contribution in [1.29, 1.82) is 0 Å². The number of carbonyl (C=O) groups excluding carboxylic acids is 1. The van der Waals surface area contributed by atoms with Crippen molar-refractivity contribution < 1.29 is 14.6 Å². The second kappa shape index (κ2) is 6.20. The zero-order valence-corrected chi connectivity index (χ0v) is 11.6. The van der Waals surface area contributed by atoms with Crippen LogP contribution in [0.3, 0.4) is 0 Å². The van der Waals surface area contributed by atoms with E-state index in [0.29, 0.717) is 0 Å². The molecule has 0 aliphatic heterocycles. The van der Waals surface area contributed by atoms with Crippen LogP contribution in [-0.4, -0.2) is 23.1 Å². The third-order valence-electron chi connectivity index (χ3n) is 3.58. The molecule has 1 aromatic carbocycles. The average Bonchev–Trinajstić information content (AvgIpc) is 2.39. The Morgan fingerprint density at radius 3 is 2.26 bits per heavy atom. The van der Waals surface area contributed by atoms with Crippen LogP contribution in [0.5, 0.6) is 5.75 Å². The molecule has 3 heteroatoms. The minimum atomic E-state index is -0.217. The number of Topliss-reactive ketones (excluding diaryl/α,β-unsaturated/α-hetero) is 1. The lowest BCUT2D eigenvalue weighted by atomic mass is 9.82. The van der Waals surface area contributed by atoms with Crippen LogP contribution in [0.25, 0.3) is 0 Å². The minimum absolute atomic E-state index is 0.0697. The zero-order valence-electron chi connectivity index (χ0n) is 11.6. The summed E-state index contributed by atoms with van der Waals surface area (Å²) in [5.41, 5.74) is 0.748. The molecule has 2 rings (SSSR count). The van der Waals surface area contributed by atoms with E-state index in [-0.39, 0.29) is 23.9 Å². The Morgan fingerprint density at radius 2 is 1.74 bits per heavy atom. The number of hydrogen-bond acceptors (Lipinski definition) is 3. The van der Waals surface area contributed by atoms with Crippen molar-refractivity contribution in [2.45, 2.75) is 51.7 Å². The largest absolute Gasteiger partial charge is 0.491 e. The van der Waals surface area contributed by atoms with Crippen molar-refractivity contribution in [3.8, 4) is 5.75 Å². The van der Waals surface area contributed by atoms with E-state index in [9.17, 15) is 9.90 Å². The quantitative estimate of drug-likeness (QED) is 0.847. The van der Waals surface area contributed by atoms with Crippen LogP contribution in [0.1, 0.15) is 49.9 Å². The van der Waals surface area contributed by atoms with Crippen LogP contribution in [0.4, 0.5) is 0 Å². The normalized spacial score (nSPS) is 23.4. The van der Waals surface area contributed by atoms with Crippen molar-refractivity contribution in [1.82, 2.24) is 0 Å². The molecule has 1 aromatic rings. The molecule has 0 unspecified atom stereocenters. The van der Waals surface area contributed by atoms with Gasteiger partial charge in [0.05, 0.1) is 12.2 Å². The van der Waals surface area contributed by atoms with Gasteiger partial charge in [-0.1, -0.05) is 0 Å². The highest BCUT2D eigenvalue weighted by atomic mass is 16.5. The molecule has 0 saturated heterocycles. The number of hydrogen-bond donors (Lipinski definition) is 1. The first-order chi connectivity index (χ1) is 9.06. The molecule has 104 valence electrons. The molecule has 0 heterocycles. The van der Waals surface area contributed by atoms with Gasteiger partial charge < -0.3 is 9.84 Å². The molecular formula is C16H22O3. The molecule has 19 heavy (non-hydrogen) atoms. The van der Waals surface area contributed by atoms with E-state index in [2.05, 4.69) is 0 Å². The molecule has 0 radical (unpaired) electrons. The predicted octanol–water partition coefficient (Wildman–Crippen LogP) is 3.21. The summed E-state index contributed by atoms with van der Waals surface area (Å²) in [5.74, 6) is 1.06. The van der Waals surface area contributed by atoms with Crippen molar-refractivity contribution >= 4 is 5.78 Å². The molecule has 0 aromatic heterocycles. The maximum Gasteiger partial charge on any atom is 0.165 e. The zero-order chi connectivity index (χ0) is 13.8. The molecule has 0 atom stereocenters. The molecule has 3 nitrogen and oxygen atoms in total. The van der Waals surface area contributed by atoms with E-state index in [1.807, 2.05) is 38.1 Å². The Bertz CT molecular complexity index is 414. The minimum Gasteiger partial charge on any atom is -0.491 e. The summed E-state index contributed by atoms with van der Waals surface area (Å²) in [6.45, 7) is 3.96. The van der Waals surface area contributed by atoms with Gasteiger partial charge in [0.25, 0.3) is 0 Å². The van der Waals surface area contributed by atoms with Crippen LogP contribution in [0.2, 0.25) is 0 Å². The van der Waals surface area contributed by atoms with Crippen molar-refractivity contribution in [2.24, 2.45) is 5.92 Å². The number of rotatable bonds is 4.